The Morgan fingerprint density at radius 3 is 1.67 bits per heavy atom. The molecular weight excluding hydrogens is 399 g/mol. The topological polar surface area (TPSA) is 60.9 Å². The van der Waals surface area contributed by atoms with Crippen molar-refractivity contribution in [2.45, 2.75) is 19.8 Å². The van der Waals surface area contributed by atoms with E-state index in [1.165, 1.54) is 12.1 Å². The molecule has 0 atom stereocenters. The fourth-order valence-corrected chi connectivity index (χ4v) is 2.98. The highest BCUT2D eigenvalue weighted by molar-refractivity contribution is 5.99. The van der Waals surface area contributed by atoms with Crippen molar-refractivity contribution in [2.24, 2.45) is 0 Å². The second kappa shape index (κ2) is 9.43. The number of hydrogen-bond donors (Lipinski definition) is 0. The summed E-state index contributed by atoms with van der Waals surface area (Å²) < 4.78 is 40.3. The summed E-state index contributed by atoms with van der Waals surface area (Å²) in [5, 5.41) is -0.353. The van der Waals surface area contributed by atoms with E-state index >= 15 is 0 Å². The molecule has 0 aliphatic rings. The lowest BCUT2D eigenvalue weighted by Gasteiger charge is -2.15. The molecule has 3 amide bonds. The van der Waals surface area contributed by atoms with Gasteiger partial charge in [-0.2, -0.15) is 15.4 Å². The van der Waals surface area contributed by atoms with E-state index in [0.717, 1.165) is 32.8 Å². The first-order valence-electron chi connectivity index (χ1n) is 9.12. The van der Waals surface area contributed by atoms with E-state index < -0.39 is 17.7 Å². The van der Waals surface area contributed by atoms with E-state index in [4.69, 9.17) is 0 Å². The molecule has 9 heteroatoms. The lowest BCUT2D eigenvalue weighted by Crippen LogP contribution is -2.22. The van der Waals surface area contributed by atoms with Crippen LogP contribution in [0.3, 0.4) is 0 Å². The number of carbonyl (C=O) groups excluding carboxylic acids is 3. The van der Waals surface area contributed by atoms with Gasteiger partial charge in [0.05, 0.1) is 0 Å². The van der Waals surface area contributed by atoms with Crippen molar-refractivity contribution in [3.8, 4) is 0 Å². The molecule has 0 aromatic heterocycles. The number of carbonyl (C=O) groups is 3. The first-order valence-corrected chi connectivity index (χ1v) is 9.12. The van der Waals surface area contributed by atoms with Gasteiger partial charge in [0.1, 0.15) is 0 Å². The van der Waals surface area contributed by atoms with E-state index in [9.17, 15) is 27.8 Å². The normalized spacial score (nSPS) is 10.5. The summed E-state index contributed by atoms with van der Waals surface area (Å²) in [6.07, 6.45) is 0.664. The summed E-state index contributed by atoms with van der Waals surface area (Å²) in [7, 11) is 2.78. The molecule has 0 N–H and O–H groups in total. The SMILES string of the molecule is CCc1ccc(Cc2cc(C(=O)N(C)F)cc(C(=O)N(C)F)c2)c(C(=O)N(C)F)c1. The van der Waals surface area contributed by atoms with E-state index in [-0.39, 0.29) is 38.5 Å². The maximum absolute atomic E-state index is 13.6. The van der Waals surface area contributed by atoms with Gasteiger partial charge in [-0.15, -0.1) is 0 Å². The van der Waals surface area contributed by atoms with Gasteiger partial charge in [-0.25, -0.2) is 0 Å². The molecule has 30 heavy (non-hydrogen) atoms. The molecular formula is C21H22F3N3O3. The van der Waals surface area contributed by atoms with Crippen molar-refractivity contribution in [3.05, 3.63) is 69.8 Å². The van der Waals surface area contributed by atoms with Crippen LogP contribution in [0.15, 0.2) is 36.4 Å². The van der Waals surface area contributed by atoms with E-state index in [1.807, 2.05) is 6.92 Å². The van der Waals surface area contributed by atoms with Crippen molar-refractivity contribution in [3.63, 3.8) is 0 Å². The smallest absolute Gasteiger partial charge is 0.267 e. The van der Waals surface area contributed by atoms with Gasteiger partial charge in [0.2, 0.25) is 0 Å². The largest absolute Gasteiger partial charge is 0.281 e. The zero-order valence-corrected chi connectivity index (χ0v) is 17.1. The third-order valence-corrected chi connectivity index (χ3v) is 4.53. The minimum absolute atomic E-state index is 0.0340. The molecule has 0 unspecified atom stereocenters. The molecule has 2 aromatic carbocycles. The van der Waals surface area contributed by atoms with Crippen molar-refractivity contribution in [2.75, 3.05) is 21.1 Å². The first-order chi connectivity index (χ1) is 14.0. The Bertz CT molecular complexity index is 937. The van der Waals surface area contributed by atoms with Crippen molar-refractivity contribution >= 4 is 17.7 Å². The summed E-state index contributed by atoms with van der Waals surface area (Å²) in [5.74, 6) is -2.89. The summed E-state index contributed by atoms with van der Waals surface area (Å²) in [6, 6.07) is 8.76. The van der Waals surface area contributed by atoms with Crippen LogP contribution in [0, 0.1) is 0 Å². The Hall–Kier alpha value is -3.36. The van der Waals surface area contributed by atoms with Crippen LogP contribution < -0.4 is 0 Å². The van der Waals surface area contributed by atoms with Gasteiger partial charge in [0, 0.05) is 37.8 Å². The highest BCUT2D eigenvalue weighted by atomic mass is 19.2. The maximum Gasteiger partial charge on any atom is 0.281 e. The third kappa shape index (κ3) is 5.16. The molecule has 0 aliphatic carbocycles. The summed E-state index contributed by atoms with van der Waals surface area (Å²) in [6.45, 7) is 1.89. The van der Waals surface area contributed by atoms with Gasteiger partial charge >= 0.3 is 0 Å². The van der Waals surface area contributed by atoms with Crippen LogP contribution in [-0.4, -0.2) is 54.2 Å². The van der Waals surface area contributed by atoms with Crippen LogP contribution in [-0.2, 0) is 12.8 Å². The Kier molecular flexibility index (Phi) is 7.20. The lowest BCUT2D eigenvalue weighted by atomic mass is 9.94. The average molecular weight is 421 g/mol. The number of rotatable bonds is 6. The molecule has 0 heterocycles. The van der Waals surface area contributed by atoms with Crippen LogP contribution in [0.25, 0.3) is 0 Å². The molecule has 160 valence electrons. The van der Waals surface area contributed by atoms with Gasteiger partial charge in [0.25, 0.3) is 17.7 Å². The molecule has 2 aromatic rings. The molecule has 0 spiro atoms. The molecule has 0 saturated heterocycles. The van der Waals surface area contributed by atoms with Gasteiger partial charge in [0.15, 0.2) is 0 Å². The van der Waals surface area contributed by atoms with Crippen molar-refractivity contribution < 1.29 is 27.8 Å². The molecule has 0 radical (unpaired) electrons. The van der Waals surface area contributed by atoms with Gasteiger partial charge in [-0.3, -0.25) is 14.4 Å². The molecule has 0 saturated carbocycles. The van der Waals surface area contributed by atoms with Crippen LogP contribution in [0.5, 0.6) is 0 Å². The minimum Gasteiger partial charge on any atom is -0.267 e. The number of benzene rings is 2. The Labute approximate surface area is 172 Å². The predicted molar refractivity (Wildman–Crippen MR) is 105 cm³/mol. The first kappa shape index (κ1) is 22.9. The van der Waals surface area contributed by atoms with E-state index in [2.05, 4.69) is 0 Å². The standard InChI is InChI=1S/C21H22F3N3O3/c1-5-13-6-7-15(18(11-13)21(30)27(4)24)8-14-9-16(19(28)25(2)22)12-17(10-14)20(29)26(3)23/h6-7,9-12H,5,8H2,1-4H3. The third-order valence-electron chi connectivity index (χ3n) is 4.53. The average Bonchev–Trinajstić information content (AvgIpc) is 2.71. The lowest BCUT2D eigenvalue weighted by molar-refractivity contribution is 0.0333. The molecule has 0 aliphatic heterocycles. The number of amides is 3. The molecule has 0 fully saturated rings. The van der Waals surface area contributed by atoms with Gasteiger partial charge in [-0.1, -0.05) is 32.5 Å². The Morgan fingerprint density at radius 1 is 0.733 bits per heavy atom. The zero-order chi connectivity index (χ0) is 22.6. The highest BCUT2D eigenvalue weighted by Gasteiger charge is 2.20. The molecule has 0 bridgehead atoms. The highest BCUT2D eigenvalue weighted by Crippen LogP contribution is 2.22. The van der Waals surface area contributed by atoms with Gasteiger partial charge < -0.3 is 0 Å². The second-order valence-corrected chi connectivity index (χ2v) is 6.79. The monoisotopic (exact) mass is 421 g/mol. The summed E-state index contributed by atoms with van der Waals surface area (Å²) in [5.41, 5.74) is 1.40. The van der Waals surface area contributed by atoms with E-state index in [0.29, 0.717) is 17.5 Å². The Balaban J connectivity index is 2.58. The summed E-state index contributed by atoms with van der Waals surface area (Å²) >= 11 is 0. The Morgan fingerprint density at radius 2 is 1.23 bits per heavy atom. The van der Waals surface area contributed by atoms with Crippen LogP contribution in [0.1, 0.15) is 54.7 Å². The number of hydrogen-bond acceptors (Lipinski definition) is 3. The number of halogens is 3. The number of nitrogens with zero attached hydrogens (tertiary/aromatic N) is 3. The molecule has 6 nitrogen and oxygen atoms in total. The maximum atomic E-state index is 13.6. The van der Waals surface area contributed by atoms with Crippen LogP contribution in [0.2, 0.25) is 0 Å². The quantitative estimate of drug-likeness (QED) is 0.668. The number of aryl methyl sites for hydroxylation is 1. The zero-order valence-electron chi connectivity index (χ0n) is 17.1. The van der Waals surface area contributed by atoms with E-state index in [1.54, 1.807) is 18.2 Å². The summed E-state index contributed by atoms with van der Waals surface area (Å²) in [4.78, 5) is 36.4. The van der Waals surface area contributed by atoms with Gasteiger partial charge in [-0.05, 0) is 53.8 Å². The van der Waals surface area contributed by atoms with Crippen LogP contribution in [0.4, 0.5) is 13.4 Å². The predicted octanol–water partition coefficient (Wildman–Crippen LogP) is 3.71. The van der Waals surface area contributed by atoms with Crippen LogP contribution >= 0.6 is 0 Å². The molecule has 2 rings (SSSR count). The minimum atomic E-state index is -1.02. The fraction of sp³-hybridized carbons (Fsp3) is 0.286. The second-order valence-electron chi connectivity index (χ2n) is 6.79. The fourth-order valence-electron chi connectivity index (χ4n) is 2.98. The van der Waals surface area contributed by atoms with Crippen molar-refractivity contribution in [1.82, 2.24) is 15.4 Å². The van der Waals surface area contributed by atoms with Crippen molar-refractivity contribution in [1.29, 1.82) is 0 Å².